The van der Waals surface area contributed by atoms with Crippen molar-refractivity contribution < 1.29 is 23.8 Å². The lowest BCUT2D eigenvalue weighted by molar-refractivity contribution is -0.129. The standard InChI is InChI=1S/C25H16Cl3NO5/c1-13-3-5-15(6-4-13)24(30)33-22-19(28)9-14(11-21(22)32-2)10-20-25(31)34-23(29-20)16-7-8-17(26)18(27)12-16/h3-12H,1-2H3/b20-10-. The Kier molecular flexibility index (Phi) is 6.93. The summed E-state index contributed by atoms with van der Waals surface area (Å²) in [5.41, 5.74) is 2.42. The van der Waals surface area contributed by atoms with Gasteiger partial charge in [-0.1, -0.05) is 52.5 Å². The van der Waals surface area contributed by atoms with Crippen LogP contribution < -0.4 is 9.47 Å². The Morgan fingerprint density at radius 1 is 0.971 bits per heavy atom. The number of cyclic esters (lactones) is 1. The zero-order valence-electron chi connectivity index (χ0n) is 17.9. The largest absolute Gasteiger partial charge is 0.493 e. The molecule has 3 aromatic carbocycles. The summed E-state index contributed by atoms with van der Waals surface area (Å²) in [6.45, 7) is 1.92. The number of carbonyl (C=O) groups is 2. The van der Waals surface area contributed by atoms with Crippen molar-refractivity contribution in [3.8, 4) is 11.5 Å². The number of nitrogens with zero attached hydrogens (tertiary/aromatic N) is 1. The van der Waals surface area contributed by atoms with Crippen LogP contribution in [0.4, 0.5) is 0 Å². The normalized spacial score (nSPS) is 14.1. The molecular formula is C25H16Cl3NO5. The predicted octanol–water partition coefficient (Wildman–Crippen LogP) is 6.53. The number of ether oxygens (including phenoxy) is 3. The molecule has 0 atom stereocenters. The minimum Gasteiger partial charge on any atom is -0.493 e. The molecular weight excluding hydrogens is 501 g/mol. The first-order valence-electron chi connectivity index (χ1n) is 9.89. The van der Waals surface area contributed by atoms with Crippen molar-refractivity contribution in [2.45, 2.75) is 6.92 Å². The molecule has 0 aliphatic carbocycles. The number of carbonyl (C=O) groups excluding carboxylic acids is 2. The Bertz CT molecular complexity index is 1360. The third-order valence-electron chi connectivity index (χ3n) is 4.82. The van der Waals surface area contributed by atoms with E-state index in [-0.39, 0.29) is 28.1 Å². The molecule has 0 amide bonds. The van der Waals surface area contributed by atoms with Gasteiger partial charge in [-0.25, -0.2) is 14.6 Å². The lowest BCUT2D eigenvalue weighted by Gasteiger charge is -2.12. The van der Waals surface area contributed by atoms with Gasteiger partial charge in [0.25, 0.3) is 0 Å². The fraction of sp³-hybridized carbons (Fsp3) is 0.0800. The highest BCUT2D eigenvalue weighted by atomic mass is 35.5. The number of benzene rings is 3. The molecule has 0 spiro atoms. The number of aliphatic imine (C=N–C) groups is 1. The van der Waals surface area contributed by atoms with Crippen LogP contribution in [-0.2, 0) is 9.53 Å². The number of esters is 2. The van der Waals surface area contributed by atoms with Crippen LogP contribution in [0.2, 0.25) is 15.1 Å². The van der Waals surface area contributed by atoms with E-state index in [4.69, 9.17) is 49.0 Å². The summed E-state index contributed by atoms with van der Waals surface area (Å²) in [6, 6.07) is 14.8. The fourth-order valence-electron chi connectivity index (χ4n) is 3.08. The summed E-state index contributed by atoms with van der Waals surface area (Å²) < 4.78 is 16.1. The van der Waals surface area contributed by atoms with Gasteiger partial charge >= 0.3 is 11.9 Å². The second kappa shape index (κ2) is 9.89. The first-order valence-corrected chi connectivity index (χ1v) is 11.0. The molecule has 0 saturated heterocycles. The second-order valence-corrected chi connectivity index (χ2v) is 8.48. The van der Waals surface area contributed by atoms with Gasteiger partial charge in [-0.2, -0.15) is 0 Å². The van der Waals surface area contributed by atoms with E-state index >= 15 is 0 Å². The molecule has 1 aliphatic rings. The minimum absolute atomic E-state index is 0.0450. The molecule has 172 valence electrons. The van der Waals surface area contributed by atoms with E-state index in [2.05, 4.69) is 4.99 Å². The molecule has 4 rings (SSSR count). The smallest absolute Gasteiger partial charge is 0.363 e. The Labute approximate surface area is 210 Å². The van der Waals surface area contributed by atoms with Crippen LogP contribution in [0.1, 0.15) is 27.0 Å². The average molecular weight is 517 g/mol. The van der Waals surface area contributed by atoms with Gasteiger partial charge in [-0.05, 0) is 61.0 Å². The van der Waals surface area contributed by atoms with Crippen LogP contribution >= 0.6 is 34.8 Å². The number of methoxy groups -OCH3 is 1. The highest BCUT2D eigenvalue weighted by Gasteiger charge is 2.25. The lowest BCUT2D eigenvalue weighted by atomic mass is 10.1. The van der Waals surface area contributed by atoms with E-state index in [1.165, 1.54) is 19.3 Å². The zero-order valence-corrected chi connectivity index (χ0v) is 20.2. The second-order valence-electron chi connectivity index (χ2n) is 7.25. The van der Waals surface area contributed by atoms with Crippen LogP contribution in [0.15, 0.2) is 65.3 Å². The minimum atomic E-state index is -0.647. The third kappa shape index (κ3) is 5.09. The average Bonchev–Trinajstić information content (AvgIpc) is 3.17. The molecule has 0 unspecified atom stereocenters. The van der Waals surface area contributed by atoms with Gasteiger partial charge < -0.3 is 14.2 Å². The summed E-state index contributed by atoms with van der Waals surface area (Å²) in [5.74, 6) is -0.866. The number of halogens is 3. The van der Waals surface area contributed by atoms with Crippen molar-refractivity contribution >= 4 is 58.7 Å². The van der Waals surface area contributed by atoms with Crippen molar-refractivity contribution in [1.82, 2.24) is 0 Å². The maximum Gasteiger partial charge on any atom is 0.363 e. The Morgan fingerprint density at radius 3 is 2.38 bits per heavy atom. The lowest BCUT2D eigenvalue weighted by Crippen LogP contribution is -2.09. The highest BCUT2D eigenvalue weighted by Crippen LogP contribution is 2.38. The van der Waals surface area contributed by atoms with Crippen molar-refractivity contribution in [2.75, 3.05) is 7.11 Å². The van der Waals surface area contributed by atoms with Gasteiger partial charge in [-0.3, -0.25) is 0 Å². The fourth-order valence-corrected chi connectivity index (χ4v) is 3.64. The maximum absolute atomic E-state index is 12.5. The Morgan fingerprint density at radius 2 is 1.71 bits per heavy atom. The van der Waals surface area contributed by atoms with Crippen LogP contribution in [0.25, 0.3) is 6.08 Å². The Balaban J connectivity index is 1.62. The topological polar surface area (TPSA) is 74.2 Å². The van der Waals surface area contributed by atoms with Gasteiger partial charge in [-0.15, -0.1) is 0 Å². The third-order valence-corrected chi connectivity index (χ3v) is 5.84. The van der Waals surface area contributed by atoms with Crippen molar-refractivity contribution in [3.05, 3.63) is 97.6 Å². The predicted molar refractivity (Wildman–Crippen MR) is 131 cm³/mol. The zero-order chi connectivity index (χ0) is 24.4. The van der Waals surface area contributed by atoms with Crippen molar-refractivity contribution in [1.29, 1.82) is 0 Å². The number of rotatable bonds is 5. The SMILES string of the molecule is COc1cc(/C=C2\N=C(c3ccc(Cl)c(Cl)c3)OC2=O)cc(Cl)c1OC(=O)c1ccc(C)cc1. The van der Waals surface area contributed by atoms with Crippen molar-refractivity contribution in [2.24, 2.45) is 4.99 Å². The number of aryl methyl sites for hydroxylation is 1. The van der Waals surface area contributed by atoms with Crippen LogP contribution in [0.5, 0.6) is 11.5 Å². The summed E-state index contributed by atoms with van der Waals surface area (Å²) in [5, 5.41) is 0.797. The molecule has 0 saturated carbocycles. The van der Waals surface area contributed by atoms with E-state index in [1.807, 2.05) is 6.92 Å². The number of hydrogen-bond donors (Lipinski definition) is 0. The molecule has 34 heavy (non-hydrogen) atoms. The molecule has 6 nitrogen and oxygen atoms in total. The van der Waals surface area contributed by atoms with Gasteiger partial charge in [0.15, 0.2) is 17.2 Å². The van der Waals surface area contributed by atoms with E-state index in [0.717, 1.165) is 5.56 Å². The Hall–Kier alpha value is -3.32. The highest BCUT2D eigenvalue weighted by molar-refractivity contribution is 6.42. The molecule has 0 fully saturated rings. The van der Waals surface area contributed by atoms with Crippen LogP contribution in [0, 0.1) is 6.92 Å². The summed E-state index contributed by atoms with van der Waals surface area (Å²) >= 11 is 18.4. The molecule has 1 aliphatic heterocycles. The molecule has 0 radical (unpaired) electrons. The first-order chi connectivity index (χ1) is 16.2. The van der Waals surface area contributed by atoms with E-state index < -0.39 is 11.9 Å². The van der Waals surface area contributed by atoms with Crippen molar-refractivity contribution in [3.63, 3.8) is 0 Å². The molecule has 9 heteroatoms. The van der Waals surface area contributed by atoms with Crippen LogP contribution in [-0.4, -0.2) is 24.9 Å². The van der Waals surface area contributed by atoms with E-state index in [9.17, 15) is 9.59 Å². The molecule has 0 aromatic heterocycles. The molecule has 3 aromatic rings. The monoisotopic (exact) mass is 515 g/mol. The van der Waals surface area contributed by atoms with Crippen LogP contribution in [0.3, 0.4) is 0 Å². The molecule has 0 N–H and O–H groups in total. The van der Waals surface area contributed by atoms with Gasteiger partial charge in [0.05, 0.1) is 27.7 Å². The van der Waals surface area contributed by atoms with Gasteiger partial charge in [0.2, 0.25) is 5.90 Å². The van der Waals surface area contributed by atoms with Gasteiger partial charge in [0, 0.05) is 5.56 Å². The van der Waals surface area contributed by atoms with E-state index in [0.29, 0.717) is 26.7 Å². The summed E-state index contributed by atoms with van der Waals surface area (Å²) in [7, 11) is 1.41. The molecule has 0 bridgehead atoms. The summed E-state index contributed by atoms with van der Waals surface area (Å²) in [6.07, 6.45) is 1.48. The summed E-state index contributed by atoms with van der Waals surface area (Å²) in [4.78, 5) is 29.1. The van der Waals surface area contributed by atoms with E-state index in [1.54, 1.807) is 48.5 Å². The molecule has 1 heterocycles. The number of hydrogen-bond acceptors (Lipinski definition) is 6. The van der Waals surface area contributed by atoms with Gasteiger partial charge in [0.1, 0.15) is 0 Å². The quantitative estimate of drug-likeness (QED) is 0.219. The first kappa shape index (κ1) is 23.8. The maximum atomic E-state index is 12.5.